The minimum atomic E-state index is -0.385. The van der Waals surface area contributed by atoms with Crippen LogP contribution in [0.15, 0.2) is 53.5 Å². The Morgan fingerprint density at radius 1 is 1.20 bits per heavy atom. The lowest BCUT2D eigenvalue weighted by Crippen LogP contribution is -2.42. The van der Waals surface area contributed by atoms with E-state index in [1.54, 1.807) is 24.2 Å². The predicted molar refractivity (Wildman–Crippen MR) is 96.5 cm³/mol. The van der Waals surface area contributed by atoms with Gasteiger partial charge in [0.15, 0.2) is 0 Å². The number of hydrogen-bond acceptors (Lipinski definition) is 3. The predicted octanol–water partition coefficient (Wildman–Crippen LogP) is 1.84. The molecule has 1 atom stereocenters. The van der Waals surface area contributed by atoms with E-state index in [2.05, 4.69) is 0 Å². The zero-order valence-corrected chi connectivity index (χ0v) is 14.5. The quantitative estimate of drug-likeness (QED) is 0.924. The van der Waals surface area contributed by atoms with Gasteiger partial charge < -0.3 is 14.6 Å². The van der Waals surface area contributed by atoms with Crippen molar-refractivity contribution in [3.05, 3.63) is 70.1 Å². The molecule has 0 unspecified atom stereocenters. The van der Waals surface area contributed by atoms with E-state index in [0.29, 0.717) is 25.1 Å². The number of rotatable bonds is 4. The fourth-order valence-electron chi connectivity index (χ4n) is 3.37. The fourth-order valence-corrected chi connectivity index (χ4v) is 3.37. The van der Waals surface area contributed by atoms with Gasteiger partial charge in [-0.2, -0.15) is 0 Å². The van der Waals surface area contributed by atoms with Crippen LogP contribution in [0.25, 0.3) is 0 Å². The highest BCUT2D eigenvalue weighted by atomic mass is 16.3. The van der Waals surface area contributed by atoms with Crippen molar-refractivity contribution in [3.63, 3.8) is 0 Å². The van der Waals surface area contributed by atoms with E-state index >= 15 is 0 Å². The Hall–Kier alpha value is -2.40. The molecule has 1 N–H and O–H groups in total. The number of aliphatic hydroxyl groups excluding tert-OH is 1. The molecule has 1 amide bonds. The number of hydrogen-bond donors (Lipinski definition) is 1. The molecule has 1 saturated heterocycles. The molecule has 25 heavy (non-hydrogen) atoms. The second kappa shape index (κ2) is 7.66. The Bertz CT molecular complexity index is 777. The summed E-state index contributed by atoms with van der Waals surface area (Å²) < 4.78 is 1.45. The van der Waals surface area contributed by atoms with E-state index < -0.39 is 0 Å². The lowest BCUT2D eigenvalue weighted by molar-refractivity contribution is 0.0467. The van der Waals surface area contributed by atoms with Crippen molar-refractivity contribution in [1.29, 1.82) is 0 Å². The van der Waals surface area contributed by atoms with Crippen molar-refractivity contribution in [2.75, 3.05) is 13.1 Å². The van der Waals surface area contributed by atoms with Crippen molar-refractivity contribution in [2.45, 2.75) is 25.4 Å². The minimum Gasteiger partial charge on any atom is -0.392 e. The van der Waals surface area contributed by atoms with Gasteiger partial charge in [0.1, 0.15) is 0 Å². The van der Waals surface area contributed by atoms with Gasteiger partial charge in [0.05, 0.1) is 6.10 Å². The van der Waals surface area contributed by atoms with Crippen molar-refractivity contribution >= 4 is 5.91 Å². The standard InChI is InChI=1S/C20H24N2O3/c1-21-10-7-17(14-19(21)24)20(25)22-11-8-16(9-12-22)18(23)13-15-5-3-2-4-6-15/h2-7,10,14,16,18,23H,8-9,11-13H2,1H3/t18-/m0/s1. The molecule has 3 rings (SSSR count). The number of benzene rings is 1. The van der Waals surface area contributed by atoms with Gasteiger partial charge in [-0.25, -0.2) is 0 Å². The second-order valence-corrected chi connectivity index (χ2v) is 6.75. The van der Waals surface area contributed by atoms with Crippen LogP contribution in [0.4, 0.5) is 0 Å². The molecule has 2 aromatic rings. The van der Waals surface area contributed by atoms with Crippen LogP contribution in [0.1, 0.15) is 28.8 Å². The minimum absolute atomic E-state index is 0.103. The molecule has 0 radical (unpaired) electrons. The third kappa shape index (κ3) is 4.17. The number of nitrogens with zero attached hydrogens (tertiary/aromatic N) is 2. The Kier molecular flexibility index (Phi) is 5.34. The number of carbonyl (C=O) groups is 1. The van der Waals surface area contributed by atoms with Crippen molar-refractivity contribution in [3.8, 4) is 0 Å². The van der Waals surface area contributed by atoms with Gasteiger partial charge in [-0.05, 0) is 36.8 Å². The Labute approximate surface area is 147 Å². The topological polar surface area (TPSA) is 62.5 Å². The van der Waals surface area contributed by atoms with Crippen LogP contribution in [0.5, 0.6) is 0 Å². The van der Waals surface area contributed by atoms with Gasteiger partial charge in [0, 0.05) is 38.0 Å². The lowest BCUT2D eigenvalue weighted by atomic mass is 9.88. The summed E-state index contributed by atoms with van der Waals surface area (Å²) in [5.74, 6) is 0.0987. The molecule has 1 aromatic carbocycles. The van der Waals surface area contributed by atoms with E-state index in [0.717, 1.165) is 18.4 Å². The average Bonchev–Trinajstić information content (AvgIpc) is 2.64. The lowest BCUT2D eigenvalue weighted by Gasteiger charge is -2.34. The highest BCUT2D eigenvalue weighted by Gasteiger charge is 2.28. The molecular formula is C20H24N2O3. The van der Waals surface area contributed by atoms with Crippen LogP contribution in [-0.4, -0.2) is 39.7 Å². The summed E-state index contributed by atoms with van der Waals surface area (Å²) in [5.41, 5.74) is 1.39. The van der Waals surface area contributed by atoms with Crippen molar-refractivity contribution in [1.82, 2.24) is 9.47 Å². The molecule has 0 spiro atoms. The summed E-state index contributed by atoms with van der Waals surface area (Å²) in [5, 5.41) is 10.5. The van der Waals surface area contributed by atoms with Crippen LogP contribution in [0.3, 0.4) is 0 Å². The Morgan fingerprint density at radius 3 is 2.52 bits per heavy atom. The first-order valence-corrected chi connectivity index (χ1v) is 8.72. The first kappa shape index (κ1) is 17.4. The summed E-state index contributed by atoms with van der Waals surface area (Å²) in [4.78, 5) is 26.0. The first-order chi connectivity index (χ1) is 12.0. The van der Waals surface area contributed by atoms with E-state index in [9.17, 15) is 14.7 Å². The molecule has 1 fully saturated rings. The number of pyridine rings is 1. The van der Waals surface area contributed by atoms with E-state index in [-0.39, 0.29) is 23.5 Å². The number of aliphatic hydroxyl groups is 1. The van der Waals surface area contributed by atoms with Crippen LogP contribution in [-0.2, 0) is 13.5 Å². The van der Waals surface area contributed by atoms with Gasteiger partial charge in [-0.3, -0.25) is 9.59 Å². The molecule has 1 aromatic heterocycles. The fraction of sp³-hybridized carbons (Fsp3) is 0.400. The highest BCUT2D eigenvalue weighted by molar-refractivity contribution is 5.94. The van der Waals surface area contributed by atoms with E-state index in [1.807, 2.05) is 30.3 Å². The molecule has 0 saturated carbocycles. The molecule has 2 heterocycles. The molecule has 132 valence electrons. The third-order valence-electron chi connectivity index (χ3n) is 5.01. The monoisotopic (exact) mass is 340 g/mol. The van der Waals surface area contributed by atoms with E-state index in [4.69, 9.17) is 0 Å². The third-order valence-corrected chi connectivity index (χ3v) is 5.01. The number of likely N-dealkylation sites (tertiary alicyclic amines) is 1. The Balaban J connectivity index is 1.56. The zero-order valence-electron chi connectivity index (χ0n) is 14.5. The van der Waals surface area contributed by atoms with Crippen molar-refractivity contribution in [2.24, 2.45) is 13.0 Å². The van der Waals surface area contributed by atoms with Gasteiger partial charge in [-0.15, -0.1) is 0 Å². The molecule has 0 bridgehead atoms. The molecular weight excluding hydrogens is 316 g/mol. The van der Waals surface area contributed by atoms with Gasteiger partial charge in [0.2, 0.25) is 0 Å². The molecule has 5 heteroatoms. The number of aromatic nitrogens is 1. The first-order valence-electron chi connectivity index (χ1n) is 8.72. The smallest absolute Gasteiger partial charge is 0.254 e. The highest BCUT2D eigenvalue weighted by Crippen LogP contribution is 2.24. The normalized spacial score (nSPS) is 16.6. The summed E-state index contributed by atoms with van der Waals surface area (Å²) in [6.07, 6.45) is 3.44. The van der Waals surface area contributed by atoms with Crippen molar-refractivity contribution < 1.29 is 9.90 Å². The maximum atomic E-state index is 12.5. The van der Waals surface area contributed by atoms with Gasteiger partial charge >= 0.3 is 0 Å². The zero-order chi connectivity index (χ0) is 17.8. The molecule has 1 aliphatic heterocycles. The molecule has 0 aliphatic carbocycles. The largest absolute Gasteiger partial charge is 0.392 e. The molecule has 5 nitrogen and oxygen atoms in total. The number of aryl methyl sites for hydroxylation is 1. The SMILES string of the molecule is Cn1ccc(C(=O)N2CCC([C@@H](O)Cc3ccccc3)CC2)cc1=O. The number of piperidine rings is 1. The summed E-state index contributed by atoms with van der Waals surface area (Å²) >= 11 is 0. The van der Waals surface area contributed by atoms with E-state index in [1.165, 1.54) is 10.6 Å². The second-order valence-electron chi connectivity index (χ2n) is 6.75. The van der Waals surface area contributed by atoms with Crippen LogP contribution in [0, 0.1) is 5.92 Å². The summed E-state index contributed by atoms with van der Waals surface area (Å²) in [6.45, 7) is 1.23. The Morgan fingerprint density at radius 2 is 1.88 bits per heavy atom. The van der Waals surface area contributed by atoms with Crippen LogP contribution >= 0.6 is 0 Å². The summed E-state index contributed by atoms with van der Waals surface area (Å²) in [6, 6.07) is 13.0. The van der Waals surface area contributed by atoms with Gasteiger partial charge in [0.25, 0.3) is 11.5 Å². The average molecular weight is 340 g/mol. The van der Waals surface area contributed by atoms with Crippen LogP contribution in [0.2, 0.25) is 0 Å². The van der Waals surface area contributed by atoms with Crippen LogP contribution < -0.4 is 5.56 Å². The number of amides is 1. The maximum absolute atomic E-state index is 12.5. The maximum Gasteiger partial charge on any atom is 0.254 e. The summed E-state index contributed by atoms with van der Waals surface area (Å²) in [7, 11) is 1.66. The van der Waals surface area contributed by atoms with Gasteiger partial charge in [-0.1, -0.05) is 30.3 Å². The molecule has 1 aliphatic rings. The number of carbonyl (C=O) groups excluding carboxylic acids is 1.